The zero-order valence-corrected chi connectivity index (χ0v) is 15.2. The lowest BCUT2D eigenvalue weighted by atomic mass is 9.85. The first kappa shape index (κ1) is 18.1. The van der Waals surface area contributed by atoms with Gasteiger partial charge in [0.2, 0.25) is 0 Å². The Morgan fingerprint density at radius 3 is 2.48 bits per heavy atom. The molecule has 1 fully saturated rings. The van der Waals surface area contributed by atoms with Crippen LogP contribution in [-0.2, 0) is 4.74 Å². The number of ether oxygens (including phenoxy) is 1. The molecule has 1 aromatic rings. The SMILES string of the molecule is C[C@H](N)c1cc(Cl)ccc1C1CCN(C(=O)OC(C)(C)C)CC1. The van der Waals surface area contributed by atoms with Crippen molar-refractivity contribution in [2.75, 3.05) is 13.1 Å². The number of nitrogens with two attached hydrogens (primary N) is 1. The molecule has 1 saturated heterocycles. The number of benzene rings is 1. The molecule has 0 radical (unpaired) electrons. The number of carbonyl (C=O) groups is 1. The van der Waals surface area contributed by atoms with E-state index in [1.165, 1.54) is 5.56 Å². The lowest BCUT2D eigenvalue weighted by Crippen LogP contribution is -2.41. The van der Waals surface area contributed by atoms with Gasteiger partial charge in [-0.15, -0.1) is 0 Å². The molecular weight excluding hydrogens is 312 g/mol. The van der Waals surface area contributed by atoms with E-state index in [2.05, 4.69) is 6.07 Å². The Morgan fingerprint density at radius 1 is 1.35 bits per heavy atom. The first-order valence-corrected chi connectivity index (χ1v) is 8.58. The molecule has 1 atom stereocenters. The molecule has 0 aliphatic carbocycles. The van der Waals surface area contributed by atoms with Crippen LogP contribution in [0, 0.1) is 0 Å². The highest BCUT2D eigenvalue weighted by atomic mass is 35.5. The molecule has 1 heterocycles. The number of rotatable bonds is 2. The van der Waals surface area contributed by atoms with E-state index in [1.807, 2.05) is 39.8 Å². The number of amides is 1. The average Bonchev–Trinajstić information content (AvgIpc) is 2.45. The van der Waals surface area contributed by atoms with Gasteiger partial charge in [0.25, 0.3) is 0 Å². The van der Waals surface area contributed by atoms with Crippen molar-refractivity contribution in [2.45, 2.75) is 58.1 Å². The number of carbonyl (C=O) groups excluding carboxylic acids is 1. The standard InChI is InChI=1S/C18H27ClN2O2/c1-12(20)16-11-14(19)5-6-15(16)13-7-9-21(10-8-13)17(22)23-18(2,3)4/h5-6,11-13H,7-10,20H2,1-4H3/t12-/m0/s1. The highest BCUT2D eigenvalue weighted by molar-refractivity contribution is 6.30. The molecule has 4 nitrogen and oxygen atoms in total. The Labute approximate surface area is 143 Å². The Bertz CT molecular complexity index is 559. The van der Waals surface area contributed by atoms with Crippen LogP contribution in [0.4, 0.5) is 4.79 Å². The van der Waals surface area contributed by atoms with Crippen molar-refractivity contribution in [3.05, 3.63) is 34.3 Å². The molecular formula is C18H27ClN2O2. The van der Waals surface area contributed by atoms with Crippen molar-refractivity contribution in [3.63, 3.8) is 0 Å². The van der Waals surface area contributed by atoms with Gasteiger partial charge in [-0.2, -0.15) is 0 Å². The summed E-state index contributed by atoms with van der Waals surface area (Å²) in [6.45, 7) is 9.06. The quantitative estimate of drug-likeness (QED) is 0.865. The van der Waals surface area contributed by atoms with Crippen LogP contribution in [-0.4, -0.2) is 29.7 Å². The van der Waals surface area contributed by atoms with E-state index in [-0.39, 0.29) is 12.1 Å². The summed E-state index contributed by atoms with van der Waals surface area (Å²) < 4.78 is 5.45. The van der Waals surface area contributed by atoms with Crippen molar-refractivity contribution in [2.24, 2.45) is 5.73 Å². The van der Waals surface area contributed by atoms with Gasteiger partial charge in [-0.1, -0.05) is 17.7 Å². The third-order valence-electron chi connectivity index (χ3n) is 4.13. The molecule has 5 heteroatoms. The fourth-order valence-corrected chi connectivity index (χ4v) is 3.19. The van der Waals surface area contributed by atoms with Gasteiger partial charge in [-0.05, 0) is 69.7 Å². The van der Waals surface area contributed by atoms with Crippen LogP contribution in [0.1, 0.15) is 63.6 Å². The Morgan fingerprint density at radius 2 is 1.96 bits per heavy atom. The molecule has 128 valence electrons. The second-order valence-corrected chi connectivity index (χ2v) is 7.74. The second-order valence-electron chi connectivity index (χ2n) is 7.30. The van der Waals surface area contributed by atoms with Crippen LogP contribution in [0.25, 0.3) is 0 Å². The van der Waals surface area contributed by atoms with Gasteiger partial charge in [0.05, 0.1) is 0 Å². The van der Waals surface area contributed by atoms with Crippen molar-refractivity contribution in [1.29, 1.82) is 0 Å². The predicted octanol–water partition coefficient (Wildman–Crippen LogP) is 4.47. The van der Waals surface area contributed by atoms with Crippen LogP contribution in [0.2, 0.25) is 5.02 Å². The van der Waals surface area contributed by atoms with E-state index in [4.69, 9.17) is 22.1 Å². The molecule has 23 heavy (non-hydrogen) atoms. The fraction of sp³-hybridized carbons (Fsp3) is 0.611. The smallest absolute Gasteiger partial charge is 0.410 e. The Balaban J connectivity index is 2.04. The van der Waals surface area contributed by atoms with Gasteiger partial charge >= 0.3 is 6.09 Å². The molecule has 1 aromatic carbocycles. The van der Waals surface area contributed by atoms with Crippen molar-refractivity contribution in [1.82, 2.24) is 4.90 Å². The maximum absolute atomic E-state index is 12.1. The van der Waals surface area contributed by atoms with Crippen LogP contribution in [0.5, 0.6) is 0 Å². The first-order chi connectivity index (χ1) is 10.7. The van der Waals surface area contributed by atoms with Gasteiger partial charge in [0.15, 0.2) is 0 Å². The van der Waals surface area contributed by atoms with E-state index in [0.29, 0.717) is 24.0 Å². The van der Waals surface area contributed by atoms with Gasteiger partial charge in [0.1, 0.15) is 5.60 Å². The van der Waals surface area contributed by atoms with Gasteiger partial charge in [-0.3, -0.25) is 0 Å². The fourth-order valence-electron chi connectivity index (χ4n) is 3.01. The third kappa shape index (κ3) is 4.85. The summed E-state index contributed by atoms with van der Waals surface area (Å²) in [5, 5.41) is 0.715. The summed E-state index contributed by atoms with van der Waals surface area (Å²) in [5.41, 5.74) is 8.00. The predicted molar refractivity (Wildman–Crippen MR) is 93.8 cm³/mol. The van der Waals surface area contributed by atoms with E-state index in [0.717, 1.165) is 18.4 Å². The number of nitrogens with zero attached hydrogens (tertiary/aromatic N) is 1. The van der Waals surface area contributed by atoms with E-state index >= 15 is 0 Å². The van der Waals surface area contributed by atoms with Crippen LogP contribution in [0.15, 0.2) is 18.2 Å². The minimum absolute atomic E-state index is 0.0485. The zero-order valence-electron chi connectivity index (χ0n) is 14.4. The van der Waals surface area contributed by atoms with Crippen molar-refractivity contribution < 1.29 is 9.53 Å². The summed E-state index contributed by atoms with van der Waals surface area (Å²) in [7, 11) is 0. The highest BCUT2D eigenvalue weighted by Crippen LogP contribution is 2.34. The Kier molecular flexibility index (Phi) is 5.58. The van der Waals surface area contributed by atoms with Crippen molar-refractivity contribution >= 4 is 17.7 Å². The number of likely N-dealkylation sites (tertiary alicyclic amines) is 1. The number of halogens is 1. The minimum Gasteiger partial charge on any atom is -0.444 e. The van der Waals surface area contributed by atoms with Crippen molar-refractivity contribution in [3.8, 4) is 0 Å². The number of piperidine rings is 1. The van der Waals surface area contributed by atoms with E-state index in [9.17, 15) is 4.79 Å². The lowest BCUT2D eigenvalue weighted by molar-refractivity contribution is 0.0204. The molecule has 0 bridgehead atoms. The normalized spacial score (nSPS) is 17.9. The topological polar surface area (TPSA) is 55.6 Å². The van der Waals surface area contributed by atoms with E-state index in [1.54, 1.807) is 4.90 Å². The number of hydrogen-bond donors (Lipinski definition) is 1. The largest absolute Gasteiger partial charge is 0.444 e. The lowest BCUT2D eigenvalue weighted by Gasteiger charge is -2.34. The summed E-state index contributed by atoms with van der Waals surface area (Å²) in [4.78, 5) is 13.9. The molecule has 0 saturated carbocycles. The Hall–Kier alpha value is -1.26. The summed E-state index contributed by atoms with van der Waals surface area (Å²) in [6, 6.07) is 5.91. The van der Waals surface area contributed by atoms with Gasteiger partial charge in [0, 0.05) is 24.2 Å². The molecule has 1 aliphatic heterocycles. The summed E-state index contributed by atoms with van der Waals surface area (Å²) in [5.74, 6) is 0.409. The summed E-state index contributed by atoms with van der Waals surface area (Å²) >= 11 is 6.10. The molecule has 2 N–H and O–H groups in total. The molecule has 0 unspecified atom stereocenters. The number of hydrogen-bond acceptors (Lipinski definition) is 3. The van der Waals surface area contributed by atoms with Crippen LogP contribution >= 0.6 is 11.6 Å². The first-order valence-electron chi connectivity index (χ1n) is 8.20. The highest BCUT2D eigenvalue weighted by Gasteiger charge is 2.28. The average molecular weight is 339 g/mol. The van der Waals surface area contributed by atoms with Crippen LogP contribution < -0.4 is 5.73 Å². The molecule has 1 amide bonds. The molecule has 1 aliphatic rings. The van der Waals surface area contributed by atoms with Gasteiger partial charge in [-0.25, -0.2) is 4.79 Å². The maximum Gasteiger partial charge on any atom is 0.410 e. The van der Waals surface area contributed by atoms with Crippen LogP contribution in [0.3, 0.4) is 0 Å². The zero-order chi connectivity index (χ0) is 17.2. The molecule has 2 rings (SSSR count). The molecule has 0 aromatic heterocycles. The van der Waals surface area contributed by atoms with Gasteiger partial charge < -0.3 is 15.4 Å². The summed E-state index contributed by atoms with van der Waals surface area (Å²) in [6.07, 6.45) is 1.61. The third-order valence-corrected chi connectivity index (χ3v) is 4.36. The molecule has 0 spiro atoms. The second kappa shape index (κ2) is 7.10. The maximum atomic E-state index is 12.1. The monoisotopic (exact) mass is 338 g/mol. The minimum atomic E-state index is -0.452. The van der Waals surface area contributed by atoms with E-state index < -0.39 is 5.60 Å².